The molecule has 0 radical (unpaired) electrons. The van der Waals surface area contributed by atoms with Crippen molar-refractivity contribution in [2.75, 3.05) is 26.8 Å². The predicted molar refractivity (Wildman–Crippen MR) is 64.4 cm³/mol. The van der Waals surface area contributed by atoms with Gasteiger partial charge in [0.25, 0.3) is 0 Å². The lowest BCUT2D eigenvalue weighted by Gasteiger charge is -2.48. The van der Waals surface area contributed by atoms with E-state index in [2.05, 4.69) is 11.8 Å². The van der Waals surface area contributed by atoms with Crippen LogP contribution in [0.15, 0.2) is 0 Å². The normalized spacial score (nSPS) is 38.1. The molecular weight excluding hydrogens is 202 g/mol. The summed E-state index contributed by atoms with van der Waals surface area (Å²) >= 11 is 0. The first-order valence-corrected chi connectivity index (χ1v) is 6.61. The Balaban J connectivity index is 1.94. The molecule has 2 fully saturated rings. The quantitative estimate of drug-likeness (QED) is 0.795. The number of likely N-dealkylation sites (tertiary alicyclic amines) is 1. The van der Waals surface area contributed by atoms with E-state index in [1.165, 1.54) is 19.3 Å². The second-order valence-electron chi connectivity index (χ2n) is 5.60. The Bertz CT molecular complexity index is 234. The molecule has 1 heterocycles. The van der Waals surface area contributed by atoms with Crippen LogP contribution in [0.2, 0.25) is 0 Å². The molecule has 1 aliphatic carbocycles. The van der Waals surface area contributed by atoms with Gasteiger partial charge in [-0.1, -0.05) is 12.8 Å². The zero-order chi connectivity index (χ0) is 11.6. The molecule has 3 unspecified atom stereocenters. The van der Waals surface area contributed by atoms with Gasteiger partial charge in [0.05, 0.1) is 12.2 Å². The van der Waals surface area contributed by atoms with E-state index in [9.17, 15) is 5.11 Å². The number of ether oxygens (including phenoxy) is 1. The highest BCUT2D eigenvalue weighted by Crippen LogP contribution is 2.40. The lowest BCUT2D eigenvalue weighted by atomic mass is 9.71. The molecule has 1 N–H and O–H groups in total. The van der Waals surface area contributed by atoms with Crippen LogP contribution in [0.25, 0.3) is 0 Å². The monoisotopic (exact) mass is 227 g/mol. The Morgan fingerprint density at radius 3 is 3.00 bits per heavy atom. The van der Waals surface area contributed by atoms with Crippen molar-refractivity contribution in [3.05, 3.63) is 0 Å². The van der Waals surface area contributed by atoms with Gasteiger partial charge in [-0.2, -0.15) is 0 Å². The molecule has 0 aromatic heterocycles. The van der Waals surface area contributed by atoms with Crippen LogP contribution in [0, 0.1) is 5.92 Å². The topological polar surface area (TPSA) is 32.7 Å². The molecule has 16 heavy (non-hydrogen) atoms. The van der Waals surface area contributed by atoms with Gasteiger partial charge >= 0.3 is 0 Å². The first-order valence-electron chi connectivity index (χ1n) is 6.61. The molecule has 1 saturated carbocycles. The van der Waals surface area contributed by atoms with Crippen LogP contribution in [0.1, 0.15) is 39.0 Å². The van der Waals surface area contributed by atoms with Gasteiger partial charge in [0, 0.05) is 32.2 Å². The second kappa shape index (κ2) is 5.03. The zero-order valence-corrected chi connectivity index (χ0v) is 10.6. The van der Waals surface area contributed by atoms with Gasteiger partial charge in [-0.25, -0.2) is 0 Å². The SMILES string of the molecule is COCC(C)N1CCC2(O)CCCCC2C1. The van der Waals surface area contributed by atoms with Crippen molar-refractivity contribution in [1.29, 1.82) is 0 Å². The van der Waals surface area contributed by atoms with Gasteiger partial charge in [-0.05, 0) is 26.2 Å². The maximum absolute atomic E-state index is 10.6. The molecule has 0 spiro atoms. The minimum atomic E-state index is -0.346. The summed E-state index contributed by atoms with van der Waals surface area (Å²) in [4.78, 5) is 2.48. The fraction of sp³-hybridized carbons (Fsp3) is 1.00. The summed E-state index contributed by atoms with van der Waals surface area (Å²) in [5.74, 6) is 0.495. The number of fused-ring (bicyclic) bond motifs is 1. The lowest BCUT2D eigenvalue weighted by Crippen LogP contribution is -2.55. The van der Waals surface area contributed by atoms with Gasteiger partial charge in [-0.15, -0.1) is 0 Å². The Hall–Kier alpha value is -0.120. The van der Waals surface area contributed by atoms with Gasteiger partial charge < -0.3 is 9.84 Å². The fourth-order valence-corrected chi connectivity index (χ4v) is 3.34. The first-order chi connectivity index (χ1) is 7.65. The van der Waals surface area contributed by atoms with Crippen LogP contribution < -0.4 is 0 Å². The first kappa shape index (κ1) is 12.3. The van der Waals surface area contributed by atoms with E-state index in [0.717, 1.165) is 32.5 Å². The molecule has 0 bridgehead atoms. The van der Waals surface area contributed by atoms with Crippen molar-refractivity contribution >= 4 is 0 Å². The van der Waals surface area contributed by atoms with Gasteiger partial charge in [0.15, 0.2) is 0 Å². The van der Waals surface area contributed by atoms with Crippen LogP contribution in [-0.4, -0.2) is 48.5 Å². The number of hydrogen-bond acceptors (Lipinski definition) is 3. The summed E-state index contributed by atoms with van der Waals surface area (Å²) in [6.07, 6.45) is 5.67. The van der Waals surface area contributed by atoms with Crippen LogP contribution >= 0.6 is 0 Å². The summed E-state index contributed by atoms with van der Waals surface area (Å²) in [6.45, 7) is 5.10. The minimum absolute atomic E-state index is 0.346. The third kappa shape index (κ3) is 2.41. The van der Waals surface area contributed by atoms with Crippen molar-refractivity contribution in [3.63, 3.8) is 0 Å². The van der Waals surface area contributed by atoms with Crippen LogP contribution in [0.3, 0.4) is 0 Å². The highest BCUT2D eigenvalue weighted by molar-refractivity contribution is 4.96. The van der Waals surface area contributed by atoms with E-state index in [4.69, 9.17) is 4.74 Å². The van der Waals surface area contributed by atoms with Crippen molar-refractivity contribution in [3.8, 4) is 0 Å². The smallest absolute Gasteiger partial charge is 0.0700 e. The average Bonchev–Trinajstić information content (AvgIpc) is 2.28. The number of aliphatic hydroxyl groups is 1. The molecule has 3 atom stereocenters. The largest absolute Gasteiger partial charge is 0.390 e. The molecule has 1 aliphatic heterocycles. The summed E-state index contributed by atoms with van der Waals surface area (Å²) in [7, 11) is 1.76. The van der Waals surface area contributed by atoms with Crippen molar-refractivity contribution in [2.24, 2.45) is 5.92 Å². The third-order valence-electron chi connectivity index (χ3n) is 4.49. The molecule has 3 heteroatoms. The molecule has 1 saturated heterocycles. The van der Waals surface area contributed by atoms with Crippen LogP contribution in [0.5, 0.6) is 0 Å². The van der Waals surface area contributed by atoms with Crippen molar-refractivity contribution < 1.29 is 9.84 Å². The van der Waals surface area contributed by atoms with Gasteiger partial charge in [-0.3, -0.25) is 4.90 Å². The number of methoxy groups -OCH3 is 1. The molecule has 94 valence electrons. The molecule has 2 aliphatic rings. The molecule has 3 nitrogen and oxygen atoms in total. The molecule has 0 aromatic carbocycles. The summed E-state index contributed by atoms with van der Waals surface area (Å²) in [5.41, 5.74) is -0.346. The fourth-order valence-electron chi connectivity index (χ4n) is 3.34. The van der Waals surface area contributed by atoms with E-state index in [1.807, 2.05) is 0 Å². The minimum Gasteiger partial charge on any atom is -0.390 e. The Kier molecular flexibility index (Phi) is 3.88. The molecule has 0 amide bonds. The number of hydrogen-bond donors (Lipinski definition) is 1. The van der Waals surface area contributed by atoms with E-state index in [-0.39, 0.29) is 5.60 Å². The Morgan fingerprint density at radius 2 is 2.25 bits per heavy atom. The van der Waals surface area contributed by atoms with Gasteiger partial charge in [0.1, 0.15) is 0 Å². The highest BCUT2D eigenvalue weighted by atomic mass is 16.5. The Labute approximate surface area is 98.8 Å². The molecule has 0 aromatic rings. The van der Waals surface area contributed by atoms with E-state index >= 15 is 0 Å². The van der Waals surface area contributed by atoms with E-state index in [0.29, 0.717) is 12.0 Å². The van der Waals surface area contributed by atoms with Crippen LogP contribution in [0.4, 0.5) is 0 Å². The maximum atomic E-state index is 10.6. The van der Waals surface area contributed by atoms with Gasteiger partial charge in [0.2, 0.25) is 0 Å². The second-order valence-corrected chi connectivity index (χ2v) is 5.60. The third-order valence-corrected chi connectivity index (χ3v) is 4.49. The summed E-state index contributed by atoms with van der Waals surface area (Å²) in [5, 5.41) is 10.6. The highest BCUT2D eigenvalue weighted by Gasteiger charge is 2.43. The molecule has 2 rings (SSSR count). The number of nitrogens with zero attached hydrogens (tertiary/aromatic N) is 1. The summed E-state index contributed by atoms with van der Waals surface area (Å²) < 4.78 is 5.21. The standard InChI is InChI=1S/C13H25NO2/c1-11(10-16-2)14-8-7-13(15)6-4-3-5-12(13)9-14/h11-12,15H,3-10H2,1-2H3. The van der Waals surface area contributed by atoms with E-state index < -0.39 is 0 Å². The van der Waals surface area contributed by atoms with Crippen molar-refractivity contribution in [2.45, 2.75) is 50.7 Å². The van der Waals surface area contributed by atoms with E-state index in [1.54, 1.807) is 7.11 Å². The van der Waals surface area contributed by atoms with Crippen molar-refractivity contribution in [1.82, 2.24) is 4.90 Å². The maximum Gasteiger partial charge on any atom is 0.0700 e. The number of piperidine rings is 1. The average molecular weight is 227 g/mol. The van der Waals surface area contributed by atoms with Crippen LogP contribution in [-0.2, 0) is 4.74 Å². The summed E-state index contributed by atoms with van der Waals surface area (Å²) in [6, 6.07) is 0.483. The Morgan fingerprint density at radius 1 is 1.44 bits per heavy atom. The lowest BCUT2D eigenvalue weighted by molar-refractivity contribution is -0.105. The predicted octanol–water partition coefficient (Wildman–Crippen LogP) is 1.65. The zero-order valence-electron chi connectivity index (χ0n) is 10.6. The number of rotatable bonds is 3. The molecular formula is C13H25NO2.